The summed E-state index contributed by atoms with van der Waals surface area (Å²) in [6.45, 7) is 5.60. The van der Waals surface area contributed by atoms with E-state index in [0.29, 0.717) is 12.5 Å². The summed E-state index contributed by atoms with van der Waals surface area (Å²) in [5, 5.41) is 11.9. The number of hydrogen-bond donors (Lipinski definition) is 1. The quantitative estimate of drug-likeness (QED) is 0.652. The van der Waals surface area contributed by atoms with Crippen molar-refractivity contribution in [2.24, 2.45) is 5.92 Å². The van der Waals surface area contributed by atoms with Gasteiger partial charge in [-0.25, -0.2) is 0 Å². The molecule has 3 aromatic rings. The van der Waals surface area contributed by atoms with Crippen molar-refractivity contribution in [2.75, 3.05) is 26.7 Å². The van der Waals surface area contributed by atoms with Crippen LogP contribution in [0.4, 0.5) is 0 Å². The van der Waals surface area contributed by atoms with E-state index in [1.165, 1.54) is 10.4 Å². The summed E-state index contributed by atoms with van der Waals surface area (Å²) < 4.78 is 5.22. The van der Waals surface area contributed by atoms with E-state index in [-0.39, 0.29) is 5.91 Å². The molecular weight excluding hydrogens is 378 g/mol. The molecule has 0 spiro atoms. The third kappa shape index (κ3) is 4.79. The molecule has 1 saturated heterocycles. The zero-order valence-electron chi connectivity index (χ0n) is 17.6. The Morgan fingerprint density at radius 3 is 2.33 bits per heavy atom. The maximum atomic E-state index is 12.6. The van der Waals surface area contributed by atoms with E-state index in [1.54, 1.807) is 7.11 Å². The number of methoxy groups -OCH3 is 1. The van der Waals surface area contributed by atoms with Gasteiger partial charge in [0.1, 0.15) is 22.8 Å². The Hall–Kier alpha value is -2.93. The largest absolute Gasteiger partial charge is 0.497 e. The van der Waals surface area contributed by atoms with Crippen molar-refractivity contribution in [1.29, 1.82) is 0 Å². The van der Waals surface area contributed by atoms with Crippen LogP contribution in [0, 0.1) is 5.92 Å². The van der Waals surface area contributed by atoms with Crippen molar-refractivity contribution in [3.05, 3.63) is 54.1 Å². The molecule has 1 aromatic heterocycles. The molecule has 30 heavy (non-hydrogen) atoms. The van der Waals surface area contributed by atoms with Gasteiger partial charge in [-0.15, -0.1) is 0 Å². The molecule has 1 aliphatic rings. The Kier molecular flexibility index (Phi) is 6.28. The van der Waals surface area contributed by atoms with Crippen molar-refractivity contribution in [2.45, 2.75) is 32.4 Å². The molecule has 0 bridgehead atoms. The lowest BCUT2D eigenvalue weighted by Crippen LogP contribution is -2.40. The van der Waals surface area contributed by atoms with Crippen LogP contribution in [0.3, 0.4) is 0 Å². The first-order valence-corrected chi connectivity index (χ1v) is 10.6. The first-order chi connectivity index (χ1) is 14.6. The summed E-state index contributed by atoms with van der Waals surface area (Å²) in [5.74, 6) is 1.37. The number of piperidine rings is 1. The summed E-state index contributed by atoms with van der Waals surface area (Å²) in [7, 11) is 1.69. The van der Waals surface area contributed by atoms with E-state index in [1.807, 2.05) is 43.3 Å². The normalized spacial score (nSPS) is 16.5. The molecule has 4 rings (SSSR count). The van der Waals surface area contributed by atoms with Crippen LogP contribution in [0.5, 0.6) is 5.75 Å². The van der Waals surface area contributed by atoms with Gasteiger partial charge in [0, 0.05) is 13.1 Å². The second-order valence-electron chi connectivity index (χ2n) is 8.00. The molecular formula is C23H29N5O2. The van der Waals surface area contributed by atoms with Crippen LogP contribution in [0.15, 0.2) is 48.5 Å². The maximum absolute atomic E-state index is 12.6. The molecule has 1 fully saturated rings. The Bertz CT molecular complexity index is 944. The van der Waals surface area contributed by atoms with Crippen molar-refractivity contribution in [3.63, 3.8) is 0 Å². The molecule has 1 atom stereocenters. The minimum Gasteiger partial charge on any atom is -0.497 e. The monoisotopic (exact) mass is 407 g/mol. The van der Waals surface area contributed by atoms with E-state index in [0.717, 1.165) is 49.3 Å². The molecule has 7 nitrogen and oxygen atoms in total. The number of fused-ring (bicyclic) bond motifs is 1. The van der Waals surface area contributed by atoms with Gasteiger partial charge in [-0.1, -0.05) is 24.3 Å². The Morgan fingerprint density at radius 1 is 1.10 bits per heavy atom. The van der Waals surface area contributed by atoms with Gasteiger partial charge in [-0.3, -0.25) is 9.69 Å². The second-order valence-corrected chi connectivity index (χ2v) is 8.00. The number of ether oxygens (including phenoxy) is 1. The highest BCUT2D eigenvalue weighted by molar-refractivity contribution is 5.80. The molecule has 7 heteroatoms. The van der Waals surface area contributed by atoms with Crippen LogP contribution >= 0.6 is 0 Å². The van der Waals surface area contributed by atoms with E-state index >= 15 is 0 Å². The van der Waals surface area contributed by atoms with Crippen LogP contribution < -0.4 is 10.1 Å². The molecule has 0 unspecified atom stereocenters. The molecule has 158 valence electrons. The molecule has 0 saturated carbocycles. The molecule has 2 heterocycles. The fourth-order valence-corrected chi connectivity index (χ4v) is 3.88. The fraction of sp³-hybridized carbons (Fsp3) is 0.435. The molecule has 0 radical (unpaired) electrons. The second kappa shape index (κ2) is 9.26. The Labute approximate surface area is 177 Å². The summed E-state index contributed by atoms with van der Waals surface area (Å²) in [6.07, 6.45) is 2.18. The first-order valence-electron chi connectivity index (χ1n) is 10.6. The Balaban J connectivity index is 1.22. The van der Waals surface area contributed by atoms with Crippen LogP contribution in [0.25, 0.3) is 11.0 Å². The fourth-order valence-electron chi connectivity index (χ4n) is 3.88. The number of benzene rings is 2. The maximum Gasteiger partial charge on any atom is 0.246 e. The molecule has 2 aromatic carbocycles. The number of carbonyl (C=O) groups excluding carboxylic acids is 1. The number of nitrogens with one attached hydrogen (secondary N) is 1. The van der Waals surface area contributed by atoms with Crippen molar-refractivity contribution >= 4 is 16.9 Å². The number of nitrogens with zero attached hydrogens (tertiary/aromatic N) is 4. The number of carbonyl (C=O) groups is 1. The number of likely N-dealkylation sites (tertiary alicyclic amines) is 1. The van der Waals surface area contributed by atoms with Crippen LogP contribution in [0.2, 0.25) is 0 Å². The first kappa shape index (κ1) is 20.3. The summed E-state index contributed by atoms with van der Waals surface area (Å²) in [6, 6.07) is 15.5. The minimum absolute atomic E-state index is 0.0315. The van der Waals surface area contributed by atoms with Crippen molar-refractivity contribution in [1.82, 2.24) is 25.2 Å². The lowest BCUT2D eigenvalue weighted by molar-refractivity contribution is -0.124. The average molecular weight is 408 g/mol. The van der Waals surface area contributed by atoms with Gasteiger partial charge in [0.2, 0.25) is 5.91 Å². The molecule has 1 N–H and O–H groups in total. The lowest BCUT2D eigenvalue weighted by atomic mass is 9.96. The molecule has 1 aliphatic heterocycles. The molecule has 1 amide bonds. The number of aromatic nitrogens is 3. The lowest BCUT2D eigenvalue weighted by Gasteiger charge is -2.32. The van der Waals surface area contributed by atoms with Gasteiger partial charge >= 0.3 is 0 Å². The van der Waals surface area contributed by atoms with Crippen LogP contribution in [0.1, 0.15) is 31.4 Å². The highest BCUT2D eigenvalue weighted by Crippen LogP contribution is 2.20. The SMILES string of the molecule is COc1ccc(CN2CCC(CNC(=O)[C@H](C)n3nc4ccccc4n3)CC2)cc1. The van der Waals surface area contributed by atoms with Gasteiger partial charge in [-0.2, -0.15) is 15.0 Å². The van der Waals surface area contributed by atoms with Crippen molar-refractivity contribution in [3.8, 4) is 5.75 Å². The number of hydrogen-bond acceptors (Lipinski definition) is 5. The third-order valence-electron chi connectivity index (χ3n) is 5.87. The molecule has 0 aliphatic carbocycles. The van der Waals surface area contributed by atoms with E-state index in [4.69, 9.17) is 4.74 Å². The number of rotatable bonds is 7. The van der Waals surface area contributed by atoms with E-state index in [2.05, 4.69) is 32.5 Å². The van der Waals surface area contributed by atoms with Gasteiger partial charge < -0.3 is 10.1 Å². The summed E-state index contributed by atoms with van der Waals surface area (Å²) >= 11 is 0. The Morgan fingerprint density at radius 2 is 1.73 bits per heavy atom. The van der Waals surface area contributed by atoms with Crippen molar-refractivity contribution < 1.29 is 9.53 Å². The van der Waals surface area contributed by atoms with E-state index < -0.39 is 6.04 Å². The smallest absolute Gasteiger partial charge is 0.246 e. The zero-order valence-corrected chi connectivity index (χ0v) is 17.6. The summed E-state index contributed by atoms with van der Waals surface area (Å²) in [5.41, 5.74) is 2.92. The topological polar surface area (TPSA) is 72.3 Å². The highest BCUT2D eigenvalue weighted by Gasteiger charge is 2.22. The third-order valence-corrected chi connectivity index (χ3v) is 5.87. The predicted octanol–water partition coefficient (Wildman–Crippen LogP) is 3.03. The number of amides is 1. The highest BCUT2D eigenvalue weighted by atomic mass is 16.5. The van der Waals surface area contributed by atoms with Gasteiger partial charge in [0.15, 0.2) is 0 Å². The van der Waals surface area contributed by atoms with E-state index in [9.17, 15) is 4.79 Å². The van der Waals surface area contributed by atoms with Gasteiger partial charge in [-0.05, 0) is 68.6 Å². The minimum atomic E-state index is -0.424. The zero-order chi connectivity index (χ0) is 20.9. The summed E-state index contributed by atoms with van der Waals surface area (Å²) in [4.78, 5) is 16.6. The standard InChI is InChI=1S/C23H29N5O2/c1-17(28-25-21-5-3-4-6-22(21)26-28)23(29)24-15-18-11-13-27(14-12-18)16-19-7-9-20(30-2)10-8-19/h3-10,17-18H,11-16H2,1-2H3,(H,24,29)/t17-/m0/s1. The van der Waals surface area contributed by atoms with Crippen LogP contribution in [-0.4, -0.2) is 52.5 Å². The van der Waals surface area contributed by atoms with Gasteiger partial charge in [0.25, 0.3) is 0 Å². The van der Waals surface area contributed by atoms with Crippen LogP contribution in [-0.2, 0) is 11.3 Å². The average Bonchev–Trinajstić information content (AvgIpc) is 3.23. The van der Waals surface area contributed by atoms with Gasteiger partial charge in [0.05, 0.1) is 7.11 Å². The predicted molar refractivity (Wildman–Crippen MR) is 116 cm³/mol.